The van der Waals surface area contributed by atoms with Crippen LogP contribution in [0.4, 0.5) is 5.69 Å². The second-order valence-corrected chi connectivity index (χ2v) is 7.66. The van der Waals surface area contributed by atoms with E-state index in [0.717, 1.165) is 34.0 Å². The number of thiophene rings is 1. The summed E-state index contributed by atoms with van der Waals surface area (Å²) in [5, 5.41) is 4.87. The van der Waals surface area contributed by atoms with Crippen molar-refractivity contribution in [1.82, 2.24) is 9.55 Å². The van der Waals surface area contributed by atoms with Crippen molar-refractivity contribution in [3.05, 3.63) is 46.4 Å². The highest BCUT2D eigenvalue weighted by Crippen LogP contribution is 2.21. The molecule has 1 saturated heterocycles. The van der Waals surface area contributed by atoms with Crippen LogP contribution in [0.3, 0.4) is 0 Å². The fraction of sp³-hybridized carbons (Fsp3) is 0.368. The number of hydrogen-bond donors (Lipinski definition) is 2. The third-order valence-corrected chi connectivity index (χ3v) is 5.81. The quantitative estimate of drug-likeness (QED) is 0.755. The van der Waals surface area contributed by atoms with E-state index in [1.54, 1.807) is 4.90 Å². The van der Waals surface area contributed by atoms with Crippen LogP contribution in [-0.2, 0) is 13.6 Å². The first-order valence-electron chi connectivity index (χ1n) is 8.84. The summed E-state index contributed by atoms with van der Waals surface area (Å²) >= 11 is 1.45. The maximum atomic E-state index is 12.2. The van der Waals surface area contributed by atoms with Crippen molar-refractivity contribution >= 4 is 34.0 Å². The minimum atomic E-state index is -0.0664. The minimum absolute atomic E-state index is 0.0664. The predicted molar refractivity (Wildman–Crippen MR) is 101 cm³/mol. The van der Waals surface area contributed by atoms with Gasteiger partial charge in [0.1, 0.15) is 6.54 Å². The smallest absolute Gasteiger partial charge is 0.265 e. The molecular weight excluding hydrogens is 332 g/mol. The summed E-state index contributed by atoms with van der Waals surface area (Å²) in [4.78, 5) is 19.4. The number of piperidine rings is 1. The monoisotopic (exact) mass is 355 g/mol. The highest BCUT2D eigenvalue weighted by atomic mass is 32.1. The summed E-state index contributed by atoms with van der Waals surface area (Å²) in [6.07, 6.45) is 4.00. The maximum absolute atomic E-state index is 12.2. The molecule has 1 aromatic carbocycles. The maximum Gasteiger partial charge on any atom is 0.265 e. The molecule has 0 radical (unpaired) electrons. The Bertz CT molecular complexity index is 878. The van der Waals surface area contributed by atoms with Crippen LogP contribution in [0.5, 0.6) is 0 Å². The molecule has 4 rings (SSSR count). The van der Waals surface area contributed by atoms with Crippen LogP contribution in [-0.4, -0.2) is 28.5 Å². The fourth-order valence-corrected chi connectivity index (χ4v) is 4.16. The van der Waals surface area contributed by atoms with Gasteiger partial charge in [-0.3, -0.25) is 4.79 Å². The summed E-state index contributed by atoms with van der Waals surface area (Å²) < 4.78 is 2.18. The van der Waals surface area contributed by atoms with Crippen LogP contribution in [0.15, 0.2) is 35.7 Å². The van der Waals surface area contributed by atoms with Crippen molar-refractivity contribution < 1.29 is 9.69 Å². The average Bonchev–Trinajstić information content (AvgIpc) is 3.25. The van der Waals surface area contributed by atoms with Gasteiger partial charge in [-0.2, -0.15) is 0 Å². The number of hydrogen-bond acceptors (Lipinski definition) is 3. The van der Waals surface area contributed by atoms with Gasteiger partial charge in [-0.1, -0.05) is 6.07 Å². The molecule has 6 heteroatoms. The molecule has 0 unspecified atom stereocenters. The molecule has 3 aromatic rings. The van der Waals surface area contributed by atoms with E-state index < -0.39 is 0 Å². The number of aryl methyl sites for hydroxylation is 1. The molecule has 0 atom stereocenters. The SMILES string of the molecule is Cn1c(C[NH+]2CCCCC2)nc2cc(NC(=O)c3cccs3)ccc21. The predicted octanol–water partition coefficient (Wildman–Crippen LogP) is 2.46. The molecule has 0 spiro atoms. The molecule has 1 aliphatic heterocycles. The molecule has 2 N–H and O–H groups in total. The summed E-state index contributed by atoms with van der Waals surface area (Å²) in [7, 11) is 2.08. The number of imidazole rings is 1. The second kappa shape index (κ2) is 6.98. The number of fused-ring (bicyclic) bond motifs is 1. The van der Waals surface area contributed by atoms with Crippen molar-refractivity contribution in [2.75, 3.05) is 18.4 Å². The van der Waals surface area contributed by atoms with E-state index in [2.05, 4.69) is 16.9 Å². The molecule has 0 aliphatic carbocycles. The van der Waals surface area contributed by atoms with Crippen LogP contribution in [0.2, 0.25) is 0 Å². The number of likely N-dealkylation sites (tertiary alicyclic amines) is 1. The molecule has 1 aliphatic rings. The lowest BCUT2D eigenvalue weighted by Crippen LogP contribution is -3.11. The Hall–Kier alpha value is -2.18. The van der Waals surface area contributed by atoms with E-state index in [0.29, 0.717) is 0 Å². The number of anilines is 1. The summed E-state index contributed by atoms with van der Waals surface area (Å²) in [5.74, 6) is 1.05. The Balaban J connectivity index is 1.55. The first-order valence-corrected chi connectivity index (χ1v) is 9.72. The number of rotatable bonds is 4. The van der Waals surface area contributed by atoms with Gasteiger partial charge in [-0.25, -0.2) is 4.98 Å². The van der Waals surface area contributed by atoms with Gasteiger partial charge in [0, 0.05) is 12.7 Å². The van der Waals surface area contributed by atoms with Gasteiger partial charge >= 0.3 is 0 Å². The number of nitrogens with zero attached hydrogens (tertiary/aromatic N) is 2. The van der Waals surface area contributed by atoms with Gasteiger partial charge in [0.25, 0.3) is 5.91 Å². The van der Waals surface area contributed by atoms with E-state index in [1.165, 1.54) is 43.7 Å². The number of aromatic nitrogens is 2. The molecule has 1 fully saturated rings. The Kier molecular flexibility index (Phi) is 4.55. The first kappa shape index (κ1) is 16.3. The van der Waals surface area contributed by atoms with E-state index in [-0.39, 0.29) is 5.91 Å². The molecule has 1 amide bonds. The van der Waals surface area contributed by atoms with Gasteiger partial charge in [0.15, 0.2) is 5.82 Å². The third kappa shape index (κ3) is 3.45. The van der Waals surface area contributed by atoms with Gasteiger partial charge in [0.2, 0.25) is 0 Å². The lowest BCUT2D eigenvalue weighted by Gasteiger charge is -2.23. The molecule has 0 saturated carbocycles. The van der Waals surface area contributed by atoms with Gasteiger partial charge in [-0.05, 0) is 48.9 Å². The Labute approximate surface area is 151 Å². The van der Waals surface area contributed by atoms with Crippen molar-refractivity contribution in [3.8, 4) is 0 Å². The topological polar surface area (TPSA) is 51.4 Å². The Morgan fingerprint density at radius 3 is 2.88 bits per heavy atom. The Morgan fingerprint density at radius 1 is 1.28 bits per heavy atom. The van der Waals surface area contributed by atoms with Crippen molar-refractivity contribution in [1.29, 1.82) is 0 Å². The van der Waals surface area contributed by atoms with Crippen LogP contribution in [0.1, 0.15) is 34.8 Å². The number of benzene rings is 1. The van der Waals surface area contributed by atoms with Crippen molar-refractivity contribution in [2.24, 2.45) is 7.05 Å². The molecule has 2 aromatic heterocycles. The molecule has 5 nitrogen and oxygen atoms in total. The minimum Gasteiger partial charge on any atom is -0.329 e. The van der Waals surface area contributed by atoms with Crippen LogP contribution in [0.25, 0.3) is 11.0 Å². The zero-order valence-electron chi connectivity index (χ0n) is 14.4. The zero-order chi connectivity index (χ0) is 17.2. The molecule has 130 valence electrons. The fourth-order valence-electron chi connectivity index (χ4n) is 3.54. The highest BCUT2D eigenvalue weighted by Gasteiger charge is 2.18. The normalized spacial score (nSPS) is 15.6. The second-order valence-electron chi connectivity index (χ2n) is 6.71. The van der Waals surface area contributed by atoms with E-state index >= 15 is 0 Å². The van der Waals surface area contributed by atoms with E-state index in [9.17, 15) is 4.79 Å². The Morgan fingerprint density at radius 2 is 2.12 bits per heavy atom. The number of carbonyl (C=O) groups excluding carboxylic acids is 1. The zero-order valence-corrected chi connectivity index (χ0v) is 15.2. The van der Waals surface area contributed by atoms with Crippen LogP contribution < -0.4 is 10.2 Å². The van der Waals surface area contributed by atoms with Crippen molar-refractivity contribution in [2.45, 2.75) is 25.8 Å². The number of carbonyl (C=O) groups is 1. The molecular formula is C19H23N4OS+. The molecule has 0 bridgehead atoms. The van der Waals surface area contributed by atoms with Gasteiger partial charge in [-0.15, -0.1) is 11.3 Å². The lowest BCUT2D eigenvalue weighted by atomic mass is 10.1. The molecule has 3 heterocycles. The standard InChI is InChI=1S/C19H22N4OS/c1-22-16-8-7-14(20-19(24)17-6-5-11-25-17)12-15(16)21-18(22)13-23-9-3-2-4-10-23/h5-8,11-12H,2-4,9-10,13H2,1H3,(H,20,24)/p+1. The van der Waals surface area contributed by atoms with Crippen LogP contribution >= 0.6 is 11.3 Å². The number of amides is 1. The highest BCUT2D eigenvalue weighted by molar-refractivity contribution is 7.12. The van der Waals surface area contributed by atoms with Crippen molar-refractivity contribution in [3.63, 3.8) is 0 Å². The van der Waals surface area contributed by atoms with Gasteiger partial charge in [0.05, 0.1) is 29.0 Å². The summed E-state index contributed by atoms with van der Waals surface area (Å²) in [6.45, 7) is 3.46. The van der Waals surface area contributed by atoms with E-state index in [1.807, 2.05) is 35.7 Å². The first-order chi connectivity index (χ1) is 12.2. The lowest BCUT2D eigenvalue weighted by molar-refractivity contribution is -0.919. The van der Waals surface area contributed by atoms with Gasteiger partial charge < -0.3 is 14.8 Å². The number of quaternary nitrogens is 1. The number of nitrogens with one attached hydrogen (secondary N) is 2. The molecule has 25 heavy (non-hydrogen) atoms. The third-order valence-electron chi connectivity index (χ3n) is 4.95. The van der Waals surface area contributed by atoms with E-state index in [4.69, 9.17) is 4.98 Å². The summed E-state index contributed by atoms with van der Waals surface area (Å²) in [5.41, 5.74) is 2.85. The van der Waals surface area contributed by atoms with Crippen LogP contribution in [0, 0.1) is 0 Å². The largest absolute Gasteiger partial charge is 0.329 e. The average molecular weight is 355 g/mol. The summed E-state index contributed by atoms with van der Waals surface area (Å²) in [6, 6.07) is 9.68.